The molecule has 8 nitrogen and oxygen atoms in total. The number of esters is 1. The Kier molecular flexibility index (Phi) is 6.44. The summed E-state index contributed by atoms with van der Waals surface area (Å²) in [5.41, 5.74) is 3.75. The number of nitrogens with two attached hydrogens (primary N) is 1. The fraction of sp³-hybridized carbons (Fsp3) is 0.292. The predicted molar refractivity (Wildman–Crippen MR) is 123 cm³/mol. The minimum atomic E-state index is -3.77. The Morgan fingerprint density at radius 2 is 1.88 bits per heavy atom. The van der Waals surface area contributed by atoms with Gasteiger partial charge in [-0.3, -0.25) is 9.78 Å². The maximum atomic E-state index is 13.0. The molecule has 2 aromatic carbocycles. The third-order valence-corrected chi connectivity index (χ3v) is 6.71. The summed E-state index contributed by atoms with van der Waals surface area (Å²) >= 11 is 0. The number of rotatable bonds is 6. The second kappa shape index (κ2) is 9.29. The average Bonchev–Trinajstić information content (AvgIpc) is 2.79. The molecule has 1 aromatic heterocycles. The highest BCUT2D eigenvalue weighted by molar-refractivity contribution is 7.89. The Bertz CT molecular complexity index is 1320. The van der Waals surface area contributed by atoms with E-state index in [-0.39, 0.29) is 11.4 Å². The Morgan fingerprint density at radius 1 is 1.15 bits per heavy atom. The first kappa shape index (κ1) is 22.9. The van der Waals surface area contributed by atoms with Crippen LogP contribution in [-0.4, -0.2) is 31.9 Å². The topological polar surface area (TPSA) is 128 Å². The molecule has 0 radical (unpaired) electrons. The molecule has 1 unspecified atom stereocenters. The van der Waals surface area contributed by atoms with Crippen LogP contribution >= 0.6 is 0 Å². The molecule has 1 aliphatic rings. The van der Waals surface area contributed by atoms with E-state index >= 15 is 0 Å². The Morgan fingerprint density at radius 3 is 2.61 bits per heavy atom. The van der Waals surface area contributed by atoms with Gasteiger partial charge in [0.2, 0.25) is 10.0 Å². The van der Waals surface area contributed by atoms with Crippen LogP contribution in [0.25, 0.3) is 10.9 Å². The molecule has 1 heterocycles. The summed E-state index contributed by atoms with van der Waals surface area (Å²) in [5.74, 6) is -0.554. The fourth-order valence-electron chi connectivity index (χ4n) is 4.05. The highest BCUT2D eigenvalue weighted by Crippen LogP contribution is 2.32. The lowest BCUT2D eigenvalue weighted by Crippen LogP contribution is -2.29. The number of ether oxygens (including phenoxy) is 1. The van der Waals surface area contributed by atoms with Gasteiger partial charge in [0, 0.05) is 17.6 Å². The molecule has 0 aliphatic heterocycles. The molecular weight excluding hydrogens is 442 g/mol. The normalized spacial score (nSPS) is 15.6. The first-order chi connectivity index (χ1) is 15.7. The van der Waals surface area contributed by atoms with Gasteiger partial charge in [0.05, 0.1) is 16.0 Å². The minimum Gasteiger partial charge on any atom is -0.452 e. The summed E-state index contributed by atoms with van der Waals surface area (Å²) in [6, 6.07) is 13.3. The van der Waals surface area contributed by atoms with E-state index in [1.54, 1.807) is 12.1 Å². The van der Waals surface area contributed by atoms with Gasteiger partial charge in [-0.1, -0.05) is 37.3 Å². The SMILES string of the molecule is CC1CCc2nc3ccccc3c(C(=O)OCC(=O)NCc3ccc(S(N)(=O)=O)cc3)c2C1. The van der Waals surface area contributed by atoms with Crippen molar-refractivity contribution in [2.75, 3.05) is 6.61 Å². The molecule has 0 saturated heterocycles. The van der Waals surface area contributed by atoms with Crippen LogP contribution in [0.1, 0.15) is 40.5 Å². The van der Waals surface area contributed by atoms with Crippen LogP contribution in [0, 0.1) is 5.92 Å². The number of nitrogens with one attached hydrogen (secondary N) is 1. The number of amides is 1. The number of fused-ring (bicyclic) bond motifs is 2. The molecule has 1 amide bonds. The summed E-state index contributed by atoms with van der Waals surface area (Å²) in [6.07, 6.45) is 2.58. The smallest absolute Gasteiger partial charge is 0.339 e. The molecule has 1 atom stereocenters. The number of carbonyl (C=O) groups is 2. The lowest BCUT2D eigenvalue weighted by molar-refractivity contribution is -0.124. The van der Waals surface area contributed by atoms with Crippen LogP contribution in [0.15, 0.2) is 53.4 Å². The molecule has 0 fully saturated rings. The van der Waals surface area contributed by atoms with Gasteiger partial charge in [0.15, 0.2) is 6.61 Å². The summed E-state index contributed by atoms with van der Waals surface area (Å²) < 4.78 is 28.0. The zero-order valence-corrected chi connectivity index (χ0v) is 19.0. The Hall–Kier alpha value is -3.30. The fourth-order valence-corrected chi connectivity index (χ4v) is 4.56. The molecule has 4 rings (SSSR count). The number of hydrogen-bond acceptors (Lipinski definition) is 6. The molecule has 0 bridgehead atoms. The van der Waals surface area contributed by atoms with Crippen molar-refractivity contribution in [2.24, 2.45) is 11.1 Å². The van der Waals surface area contributed by atoms with E-state index in [1.165, 1.54) is 12.1 Å². The van der Waals surface area contributed by atoms with E-state index in [0.717, 1.165) is 41.4 Å². The number of aromatic nitrogens is 1. The summed E-state index contributed by atoms with van der Waals surface area (Å²) in [5, 5.41) is 8.47. The van der Waals surface area contributed by atoms with E-state index in [9.17, 15) is 18.0 Å². The lowest BCUT2D eigenvalue weighted by Gasteiger charge is -2.24. The maximum absolute atomic E-state index is 13.0. The number of primary sulfonamides is 1. The zero-order chi connectivity index (χ0) is 23.6. The van der Waals surface area contributed by atoms with Crippen molar-refractivity contribution in [2.45, 2.75) is 37.6 Å². The lowest BCUT2D eigenvalue weighted by atomic mass is 9.84. The van der Waals surface area contributed by atoms with Gasteiger partial charge in [0.25, 0.3) is 5.91 Å². The largest absolute Gasteiger partial charge is 0.452 e. The number of pyridine rings is 1. The van der Waals surface area contributed by atoms with Crippen molar-refractivity contribution >= 4 is 32.8 Å². The van der Waals surface area contributed by atoms with Crippen molar-refractivity contribution in [1.29, 1.82) is 0 Å². The number of hydrogen-bond donors (Lipinski definition) is 2. The second-order valence-electron chi connectivity index (χ2n) is 8.32. The number of para-hydroxylation sites is 1. The number of aryl methyl sites for hydroxylation is 1. The highest BCUT2D eigenvalue weighted by atomic mass is 32.2. The van der Waals surface area contributed by atoms with E-state index < -0.39 is 28.5 Å². The molecule has 3 N–H and O–H groups in total. The first-order valence-electron chi connectivity index (χ1n) is 10.7. The molecule has 3 aromatic rings. The summed E-state index contributed by atoms with van der Waals surface area (Å²) in [7, 11) is -3.77. The van der Waals surface area contributed by atoms with E-state index in [2.05, 4.69) is 12.2 Å². The molecule has 0 spiro atoms. The average molecular weight is 468 g/mol. The van der Waals surface area contributed by atoms with Crippen molar-refractivity contribution in [3.63, 3.8) is 0 Å². The predicted octanol–water partition coefficient (Wildman–Crippen LogP) is 2.48. The summed E-state index contributed by atoms with van der Waals surface area (Å²) in [4.78, 5) is 30.0. The zero-order valence-electron chi connectivity index (χ0n) is 18.2. The molecule has 33 heavy (non-hydrogen) atoms. The molecule has 1 aliphatic carbocycles. The van der Waals surface area contributed by atoms with Crippen LogP contribution in [-0.2, 0) is 38.9 Å². The Balaban J connectivity index is 1.44. The third kappa shape index (κ3) is 5.20. The van der Waals surface area contributed by atoms with Crippen molar-refractivity contribution in [1.82, 2.24) is 10.3 Å². The highest BCUT2D eigenvalue weighted by Gasteiger charge is 2.26. The van der Waals surface area contributed by atoms with E-state index in [1.807, 2.05) is 24.3 Å². The van der Waals surface area contributed by atoms with Crippen LogP contribution < -0.4 is 10.5 Å². The van der Waals surface area contributed by atoms with Crippen LogP contribution in [0.2, 0.25) is 0 Å². The van der Waals surface area contributed by atoms with Crippen LogP contribution in [0.3, 0.4) is 0 Å². The quantitative estimate of drug-likeness (QED) is 0.536. The molecular formula is C24H25N3O5S. The van der Waals surface area contributed by atoms with Crippen molar-refractivity contribution in [3.8, 4) is 0 Å². The summed E-state index contributed by atoms with van der Waals surface area (Å²) in [6.45, 7) is 1.89. The van der Waals surface area contributed by atoms with Crippen LogP contribution in [0.4, 0.5) is 0 Å². The number of nitrogens with zero attached hydrogens (tertiary/aromatic N) is 1. The van der Waals surface area contributed by atoms with E-state index in [0.29, 0.717) is 17.0 Å². The first-order valence-corrected chi connectivity index (χ1v) is 12.2. The molecule has 9 heteroatoms. The monoisotopic (exact) mass is 467 g/mol. The number of sulfonamides is 1. The maximum Gasteiger partial charge on any atom is 0.339 e. The minimum absolute atomic E-state index is 0.00580. The molecule has 0 saturated carbocycles. The van der Waals surface area contributed by atoms with Gasteiger partial charge in [-0.05, 0) is 54.5 Å². The van der Waals surface area contributed by atoms with Crippen molar-refractivity contribution in [3.05, 3.63) is 70.9 Å². The van der Waals surface area contributed by atoms with Gasteiger partial charge < -0.3 is 10.1 Å². The van der Waals surface area contributed by atoms with Gasteiger partial charge in [0.1, 0.15) is 0 Å². The Labute approximate surface area is 192 Å². The van der Waals surface area contributed by atoms with Gasteiger partial charge in [-0.15, -0.1) is 0 Å². The van der Waals surface area contributed by atoms with Crippen molar-refractivity contribution < 1.29 is 22.7 Å². The number of benzene rings is 2. The van der Waals surface area contributed by atoms with Gasteiger partial charge in [-0.2, -0.15) is 0 Å². The van der Waals surface area contributed by atoms with Gasteiger partial charge in [-0.25, -0.2) is 18.4 Å². The number of carbonyl (C=O) groups excluding carboxylic acids is 2. The van der Waals surface area contributed by atoms with Crippen LogP contribution in [0.5, 0.6) is 0 Å². The van der Waals surface area contributed by atoms with Gasteiger partial charge >= 0.3 is 5.97 Å². The second-order valence-corrected chi connectivity index (χ2v) is 9.88. The third-order valence-electron chi connectivity index (χ3n) is 5.79. The van der Waals surface area contributed by atoms with E-state index in [4.69, 9.17) is 14.9 Å². The molecule has 172 valence electrons. The standard InChI is InChI=1S/C24H25N3O5S/c1-15-6-11-21-19(12-15)23(18-4-2-3-5-20(18)27-21)24(29)32-14-22(28)26-13-16-7-9-17(10-8-16)33(25,30)31/h2-5,7-10,15H,6,11-14H2,1H3,(H,26,28)(H2,25,30,31).